The van der Waals surface area contributed by atoms with Crippen LogP contribution in [0.5, 0.6) is 0 Å². The Balaban J connectivity index is 1.63. The van der Waals surface area contributed by atoms with Crippen molar-refractivity contribution in [1.29, 1.82) is 0 Å². The molecule has 0 atom stereocenters. The Hall–Kier alpha value is -2.41. The van der Waals surface area contributed by atoms with Crippen LogP contribution in [0.4, 0.5) is 11.5 Å². The largest absolute Gasteiger partial charge is 0.409 e. The summed E-state index contributed by atoms with van der Waals surface area (Å²) in [5, 5.41) is 31.4. The molecule has 0 spiro atoms. The fourth-order valence-electron chi connectivity index (χ4n) is 2.57. The fraction of sp³-hybridized carbons (Fsp3) is 0.357. The third kappa shape index (κ3) is 5.29. The summed E-state index contributed by atoms with van der Waals surface area (Å²) in [6.45, 7) is 0.375. The van der Waals surface area contributed by atoms with Gasteiger partial charge in [0.2, 0.25) is 11.7 Å². The fourth-order valence-corrected chi connectivity index (χ4v) is 3.67. The van der Waals surface area contributed by atoms with Crippen molar-refractivity contribution in [2.45, 2.75) is 24.8 Å². The van der Waals surface area contributed by atoms with Crippen LogP contribution in [-0.2, 0) is 10.2 Å². The molecule has 11 nitrogen and oxygen atoms in total. The van der Waals surface area contributed by atoms with Crippen LogP contribution in [0.3, 0.4) is 0 Å². The van der Waals surface area contributed by atoms with E-state index >= 15 is 0 Å². The highest BCUT2D eigenvalue weighted by atomic mass is 35.5. The summed E-state index contributed by atoms with van der Waals surface area (Å²) < 4.78 is 29.6. The molecule has 146 valence electrons. The zero-order chi connectivity index (χ0) is 19.5. The molecule has 1 saturated carbocycles. The van der Waals surface area contributed by atoms with E-state index in [1.54, 1.807) is 24.3 Å². The molecule has 1 aromatic carbocycles. The van der Waals surface area contributed by atoms with E-state index < -0.39 is 15.7 Å². The summed E-state index contributed by atoms with van der Waals surface area (Å²) in [5.74, 6) is 0.244. The molecule has 6 N–H and O–H groups in total. The van der Waals surface area contributed by atoms with Gasteiger partial charge in [-0.25, -0.2) is 9.77 Å². The maximum atomic E-state index is 11.2. The van der Waals surface area contributed by atoms with E-state index in [2.05, 4.69) is 30.8 Å². The van der Waals surface area contributed by atoms with Crippen LogP contribution in [0.15, 0.2) is 34.1 Å². The van der Waals surface area contributed by atoms with Crippen LogP contribution < -0.4 is 20.5 Å². The molecule has 1 fully saturated rings. The molecule has 2 aromatic rings. The standard InChI is InChI=1S/C14H18ClN7O4S/c15-9-2-1-3-10(8-9)18-13(19-23)11-12(21-26-20-11)17-7-6-14(4-5-14)22-27(16,24)25/h1-3,8,22-23H,4-7H2,(H,17,21)(H,18,19)(H2,16,24,25). The second kappa shape index (κ2) is 7.68. The predicted octanol–water partition coefficient (Wildman–Crippen LogP) is 1.10. The highest BCUT2D eigenvalue weighted by molar-refractivity contribution is 7.87. The number of hydrogen-bond acceptors (Lipinski definition) is 8. The van der Waals surface area contributed by atoms with Gasteiger partial charge >= 0.3 is 0 Å². The molecule has 1 aliphatic carbocycles. The lowest BCUT2D eigenvalue weighted by atomic mass is 10.2. The van der Waals surface area contributed by atoms with Gasteiger partial charge in [-0.3, -0.25) is 0 Å². The summed E-state index contributed by atoms with van der Waals surface area (Å²) in [7, 11) is -3.76. The van der Waals surface area contributed by atoms with Gasteiger partial charge in [0.25, 0.3) is 10.2 Å². The van der Waals surface area contributed by atoms with Gasteiger partial charge in [-0.1, -0.05) is 22.8 Å². The van der Waals surface area contributed by atoms with Crippen molar-refractivity contribution >= 4 is 39.2 Å². The summed E-state index contributed by atoms with van der Waals surface area (Å²) in [4.78, 5) is 0. The molecule has 0 amide bonds. The average molecular weight is 416 g/mol. The van der Waals surface area contributed by atoms with Crippen LogP contribution in [-0.4, -0.2) is 41.9 Å². The normalized spacial score (nSPS) is 16.1. The van der Waals surface area contributed by atoms with Crippen molar-refractivity contribution < 1.29 is 18.3 Å². The van der Waals surface area contributed by atoms with E-state index in [9.17, 15) is 13.6 Å². The number of nitrogens with two attached hydrogens (primary N) is 1. The Kier molecular flexibility index (Phi) is 5.51. The highest BCUT2D eigenvalue weighted by Crippen LogP contribution is 2.39. The monoisotopic (exact) mass is 415 g/mol. The molecule has 0 aliphatic heterocycles. The van der Waals surface area contributed by atoms with Crippen LogP contribution >= 0.6 is 11.6 Å². The van der Waals surface area contributed by atoms with Gasteiger partial charge in [0.1, 0.15) is 0 Å². The van der Waals surface area contributed by atoms with E-state index in [4.69, 9.17) is 21.4 Å². The number of nitrogens with one attached hydrogen (secondary N) is 3. The number of halogens is 1. The molecular formula is C14H18ClN7O4S. The van der Waals surface area contributed by atoms with Gasteiger partial charge < -0.3 is 15.8 Å². The molecule has 0 unspecified atom stereocenters. The zero-order valence-corrected chi connectivity index (χ0v) is 15.6. The van der Waals surface area contributed by atoms with Crippen LogP contribution in [0.25, 0.3) is 0 Å². The Bertz CT molecular complexity index is 942. The first-order valence-corrected chi connectivity index (χ1v) is 9.86. The van der Waals surface area contributed by atoms with Gasteiger partial charge in [0, 0.05) is 22.8 Å². The van der Waals surface area contributed by atoms with E-state index in [-0.39, 0.29) is 17.3 Å². The number of amidine groups is 1. The maximum Gasteiger partial charge on any atom is 0.274 e. The topological polar surface area (TPSA) is 168 Å². The first-order valence-electron chi connectivity index (χ1n) is 7.93. The minimum atomic E-state index is -3.76. The third-order valence-electron chi connectivity index (χ3n) is 4.01. The zero-order valence-electron chi connectivity index (χ0n) is 14.0. The molecule has 27 heavy (non-hydrogen) atoms. The van der Waals surface area contributed by atoms with Gasteiger partial charge in [-0.05, 0) is 47.8 Å². The van der Waals surface area contributed by atoms with Gasteiger partial charge in [0.15, 0.2) is 5.69 Å². The van der Waals surface area contributed by atoms with Crippen molar-refractivity contribution in [3.05, 3.63) is 35.0 Å². The van der Waals surface area contributed by atoms with E-state index in [0.29, 0.717) is 36.5 Å². The second-order valence-electron chi connectivity index (χ2n) is 6.15. The molecule has 1 aliphatic rings. The van der Waals surface area contributed by atoms with Crippen molar-refractivity contribution in [2.24, 2.45) is 10.3 Å². The van der Waals surface area contributed by atoms with Crippen molar-refractivity contribution in [3.8, 4) is 0 Å². The first-order chi connectivity index (χ1) is 12.8. The van der Waals surface area contributed by atoms with Gasteiger partial charge in [0.05, 0.1) is 0 Å². The molecule has 3 rings (SSSR count). The van der Waals surface area contributed by atoms with Gasteiger partial charge in [-0.15, -0.1) is 0 Å². The Labute approximate surface area is 160 Å². The molecule has 0 radical (unpaired) electrons. The predicted molar refractivity (Wildman–Crippen MR) is 99.0 cm³/mol. The summed E-state index contributed by atoms with van der Waals surface area (Å²) >= 11 is 5.93. The maximum absolute atomic E-state index is 11.2. The Morgan fingerprint density at radius 1 is 1.41 bits per heavy atom. The van der Waals surface area contributed by atoms with Crippen LogP contribution in [0, 0.1) is 0 Å². The average Bonchev–Trinajstić information content (AvgIpc) is 3.16. The van der Waals surface area contributed by atoms with Crippen molar-refractivity contribution in [2.75, 3.05) is 17.2 Å². The third-order valence-corrected chi connectivity index (χ3v) is 4.96. The molecule has 1 aromatic heterocycles. The summed E-state index contributed by atoms with van der Waals surface area (Å²) in [6.07, 6.45) is 1.90. The van der Waals surface area contributed by atoms with E-state index in [0.717, 1.165) is 0 Å². The molecule has 0 bridgehead atoms. The number of rotatable bonds is 8. The smallest absolute Gasteiger partial charge is 0.274 e. The molecule has 0 saturated heterocycles. The lowest BCUT2D eigenvalue weighted by Crippen LogP contribution is -2.42. The molecule has 13 heteroatoms. The molecular weight excluding hydrogens is 398 g/mol. The van der Waals surface area contributed by atoms with Crippen LogP contribution in [0.2, 0.25) is 5.02 Å². The van der Waals surface area contributed by atoms with E-state index in [1.807, 2.05) is 0 Å². The number of benzene rings is 1. The Morgan fingerprint density at radius 2 is 2.19 bits per heavy atom. The minimum Gasteiger partial charge on any atom is -0.409 e. The van der Waals surface area contributed by atoms with Gasteiger partial charge in [-0.2, -0.15) is 13.1 Å². The second-order valence-corrected chi connectivity index (χ2v) is 7.88. The lowest BCUT2D eigenvalue weighted by Gasteiger charge is -2.15. The van der Waals surface area contributed by atoms with E-state index in [1.165, 1.54) is 0 Å². The van der Waals surface area contributed by atoms with Crippen molar-refractivity contribution in [1.82, 2.24) is 15.0 Å². The molecule has 1 heterocycles. The van der Waals surface area contributed by atoms with Crippen LogP contribution in [0.1, 0.15) is 25.0 Å². The highest BCUT2D eigenvalue weighted by Gasteiger charge is 2.44. The lowest BCUT2D eigenvalue weighted by molar-refractivity contribution is 0.305. The first kappa shape index (κ1) is 19.4. The summed E-state index contributed by atoms with van der Waals surface area (Å²) in [6, 6.07) is 6.81. The number of anilines is 2. The SMILES string of the molecule is NS(=O)(=O)NC1(CCNc2nonc2C(=NO)Nc2cccc(Cl)c2)CC1. The summed E-state index contributed by atoms with van der Waals surface area (Å²) in [5.41, 5.74) is 0.199. The quantitative estimate of drug-likeness (QED) is 0.185. The number of aromatic nitrogens is 2. The number of nitrogens with zero attached hydrogens (tertiary/aromatic N) is 3. The minimum absolute atomic E-state index is 0.00446. The number of oxime groups is 1. The Morgan fingerprint density at radius 3 is 2.81 bits per heavy atom. The number of hydrogen-bond donors (Lipinski definition) is 5. The van der Waals surface area contributed by atoms with Crippen molar-refractivity contribution in [3.63, 3.8) is 0 Å².